The summed E-state index contributed by atoms with van der Waals surface area (Å²) in [5.41, 5.74) is 3.04. The summed E-state index contributed by atoms with van der Waals surface area (Å²) in [6, 6.07) is 15.8. The molecule has 0 heterocycles. The van der Waals surface area contributed by atoms with Gasteiger partial charge >= 0.3 is 0 Å². The predicted molar refractivity (Wildman–Crippen MR) is 128 cm³/mol. The maximum atomic E-state index is 12.1. The van der Waals surface area contributed by atoms with E-state index in [1.807, 2.05) is 48.5 Å². The highest BCUT2D eigenvalue weighted by molar-refractivity contribution is 14.0. The van der Waals surface area contributed by atoms with E-state index >= 15 is 0 Å². The van der Waals surface area contributed by atoms with Crippen molar-refractivity contribution in [2.45, 2.75) is 32.4 Å². The average Bonchev–Trinajstić information content (AvgIpc) is 2.67. The lowest BCUT2D eigenvalue weighted by Crippen LogP contribution is -2.36. The molecular weight excluding hydrogens is 479 g/mol. The van der Waals surface area contributed by atoms with Crippen molar-refractivity contribution >= 4 is 41.5 Å². The Kier molecular flexibility index (Phi) is 9.24. The smallest absolute Gasteiger partial charge is 0.227 e. The van der Waals surface area contributed by atoms with Gasteiger partial charge in [-0.3, -0.25) is 9.79 Å². The van der Waals surface area contributed by atoms with E-state index in [9.17, 15) is 4.79 Å². The standard InChI is InChI=1S/C22H28N4O2.HI/c1-23-22(25-15-17-7-4-11-20(13-17)28-2)24-14-16-6-3-10-19(12-16)26-21(27)18-8-5-9-18;/h3-4,6-7,10-13,18H,5,8-9,14-15H2,1-2H3,(H,26,27)(H2,23,24,25);1H. The lowest BCUT2D eigenvalue weighted by molar-refractivity contribution is -0.122. The monoisotopic (exact) mass is 508 g/mol. The van der Waals surface area contributed by atoms with Crippen LogP contribution < -0.4 is 20.7 Å². The predicted octanol–water partition coefficient (Wildman–Crippen LogP) is 3.92. The fourth-order valence-electron chi connectivity index (χ4n) is 3.05. The molecule has 2 aromatic rings. The molecule has 0 spiro atoms. The molecule has 0 radical (unpaired) electrons. The van der Waals surface area contributed by atoms with E-state index in [0.717, 1.165) is 41.8 Å². The van der Waals surface area contributed by atoms with E-state index in [0.29, 0.717) is 19.0 Å². The number of carbonyl (C=O) groups excluding carboxylic acids is 1. The van der Waals surface area contributed by atoms with Gasteiger partial charge in [0.15, 0.2) is 5.96 Å². The van der Waals surface area contributed by atoms with Crippen LogP contribution in [0.15, 0.2) is 53.5 Å². The molecule has 2 aromatic carbocycles. The lowest BCUT2D eigenvalue weighted by atomic mass is 9.85. The first-order valence-corrected chi connectivity index (χ1v) is 9.65. The molecule has 29 heavy (non-hydrogen) atoms. The van der Waals surface area contributed by atoms with Crippen LogP contribution in [0.2, 0.25) is 0 Å². The zero-order valence-corrected chi connectivity index (χ0v) is 19.2. The van der Waals surface area contributed by atoms with Gasteiger partial charge in [0.1, 0.15) is 5.75 Å². The number of guanidine groups is 1. The number of ether oxygens (including phenoxy) is 1. The topological polar surface area (TPSA) is 74.8 Å². The molecule has 1 aliphatic rings. The van der Waals surface area contributed by atoms with E-state index in [1.54, 1.807) is 14.2 Å². The molecule has 6 nitrogen and oxygen atoms in total. The van der Waals surface area contributed by atoms with Gasteiger partial charge in [-0.05, 0) is 48.2 Å². The number of anilines is 1. The van der Waals surface area contributed by atoms with E-state index in [4.69, 9.17) is 4.74 Å². The molecule has 0 bridgehead atoms. The summed E-state index contributed by atoms with van der Waals surface area (Å²) < 4.78 is 5.25. The van der Waals surface area contributed by atoms with Crippen LogP contribution in [-0.2, 0) is 17.9 Å². The number of nitrogens with one attached hydrogen (secondary N) is 3. The van der Waals surface area contributed by atoms with Gasteiger partial charge in [0.25, 0.3) is 0 Å². The molecule has 0 aliphatic heterocycles. The average molecular weight is 508 g/mol. The van der Waals surface area contributed by atoms with Crippen molar-refractivity contribution in [3.63, 3.8) is 0 Å². The second-order valence-corrected chi connectivity index (χ2v) is 6.95. The van der Waals surface area contributed by atoms with Gasteiger partial charge in [-0.1, -0.05) is 30.7 Å². The third-order valence-corrected chi connectivity index (χ3v) is 4.95. The van der Waals surface area contributed by atoms with Crippen molar-refractivity contribution in [2.75, 3.05) is 19.5 Å². The summed E-state index contributed by atoms with van der Waals surface area (Å²) in [5, 5.41) is 9.62. The van der Waals surface area contributed by atoms with Crippen molar-refractivity contribution in [1.29, 1.82) is 0 Å². The third kappa shape index (κ3) is 6.92. The van der Waals surface area contributed by atoms with Gasteiger partial charge in [0.2, 0.25) is 5.91 Å². The van der Waals surface area contributed by atoms with Gasteiger partial charge in [-0.15, -0.1) is 24.0 Å². The second kappa shape index (κ2) is 11.6. The molecule has 0 unspecified atom stereocenters. The molecule has 0 saturated heterocycles. The van der Waals surface area contributed by atoms with Crippen LogP contribution in [0.25, 0.3) is 0 Å². The van der Waals surface area contributed by atoms with Gasteiger partial charge in [-0.25, -0.2) is 0 Å². The normalized spacial score (nSPS) is 13.7. The Morgan fingerprint density at radius 3 is 2.31 bits per heavy atom. The summed E-state index contributed by atoms with van der Waals surface area (Å²) in [6.45, 7) is 1.26. The molecule has 0 atom stereocenters. The zero-order valence-electron chi connectivity index (χ0n) is 16.9. The molecule has 1 aliphatic carbocycles. The molecular formula is C22H29IN4O2. The Bertz CT molecular complexity index is 837. The summed E-state index contributed by atoms with van der Waals surface area (Å²) in [4.78, 5) is 16.4. The number of rotatable bonds is 7. The molecule has 1 amide bonds. The van der Waals surface area contributed by atoms with Crippen LogP contribution in [-0.4, -0.2) is 26.0 Å². The molecule has 3 rings (SSSR count). The van der Waals surface area contributed by atoms with E-state index in [-0.39, 0.29) is 35.8 Å². The van der Waals surface area contributed by atoms with E-state index in [1.165, 1.54) is 0 Å². The fraction of sp³-hybridized carbons (Fsp3) is 0.364. The van der Waals surface area contributed by atoms with E-state index < -0.39 is 0 Å². The van der Waals surface area contributed by atoms with Crippen molar-refractivity contribution in [2.24, 2.45) is 10.9 Å². The Hall–Kier alpha value is -2.29. The number of benzene rings is 2. The van der Waals surface area contributed by atoms with Gasteiger partial charge in [0.05, 0.1) is 7.11 Å². The SMILES string of the molecule is CN=C(NCc1cccc(NC(=O)C2CCC2)c1)NCc1cccc(OC)c1.I. The zero-order chi connectivity index (χ0) is 19.8. The van der Waals surface area contributed by atoms with Crippen LogP contribution in [0, 0.1) is 5.92 Å². The first kappa shape index (κ1) is 23.0. The summed E-state index contributed by atoms with van der Waals surface area (Å²) in [5.74, 6) is 1.86. The summed E-state index contributed by atoms with van der Waals surface area (Å²) >= 11 is 0. The second-order valence-electron chi connectivity index (χ2n) is 6.95. The summed E-state index contributed by atoms with van der Waals surface area (Å²) in [6.07, 6.45) is 3.16. The third-order valence-electron chi connectivity index (χ3n) is 4.95. The highest BCUT2D eigenvalue weighted by Gasteiger charge is 2.25. The van der Waals surface area contributed by atoms with Gasteiger partial charge in [0, 0.05) is 31.7 Å². The molecule has 3 N–H and O–H groups in total. The van der Waals surface area contributed by atoms with Crippen LogP contribution in [0.5, 0.6) is 5.75 Å². The highest BCUT2D eigenvalue weighted by Crippen LogP contribution is 2.27. The number of nitrogens with zero attached hydrogens (tertiary/aromatic N) is 1. The first-order chi connectivity index (χ1) is 13.7. The number of hydrogen-bond donors (Lipinski definition) is 3. The molecule has 156 valence electrons. The van der Waals surface area contributed by atoms with Crippen LogP contribution in [0.3, 0.4) is 0 Å². The van der Waals surface area contributed by atoms with Crippen molar-refractivity contribution < 1.29 is 9.53 Å². The minimum Gasteiger partial charge on any atom is -0.497 e. The quantitative estimate of drug-likeness (QED) is 0.301. The van der Waals surface area contributed by atoms with Crippen LogP contribution in [0.4, 0.5) is 5.69 Å². The largest absolute Gasteiger partial charge is 0.497 e. The highest BCUT2D eigenvalue weighted by atomic mass is 127. The van der Waals surface area contributed by atoms with Crippen molar-refractivity contribution in [3.8, 4) is 5.75 Å². The Morgan fingerprint density at radius 2 is 1.72 bits per heavy atom. The minimum absolute atomic E-state index is 0. The summed E-state index contributed by atoms with van der Waals surface area (Å²) in [7, 11) is 3.41. The molecule has 1 fully saturated rings. The number of amides is 1. The van der Waals surface area contributed by atoms with Crippen LogP contribution >= 0.6 is 24.0 Å². The van der Waals surface area contributed by atoms with Crippen molar-refractivity contribution in [3.05, 3.63) is 59.7 Å². The fourth-order valence-corrected chi connectivity index (χ4v) is 3.05. The van der Waals surface area contributed by atoms with Crippen molar-refractivity contribution in [1.82, 2.24) is 10.6 Å². The number of methoxy groups -OCH3 is 1. The first-order valence-electron chi connectivity index (χ1n) is 9.65. The lowest BCUT2D eigenvalue weighted by Gasteiger charge is -2.24. The number of halogens is 1. The minimum atomic E-state index is 0. The molecule has 1 saturated carbocycles. The van der Waals surface area contributed by atoms with E-state index in [2.05, 4.69) is 20.9 Å². The maximum Gasteiger partial charge on any atom is 0.227 e. The van der Waals surface area contributed by atoms with Gasteiger partial charge < -0.3 is 20.7 Å². The number of carbonyl (C=O) groups is 1. The number of hydrogen-bond acceptors (Lipinski definition) is 3. The number of aliphatic imine (C=N–C) groups is 1. The Labute approximate surface area is 189 Å². The Morgan fingerprint density at radius 1 is 1.07 bits per heavy atom. The van der Waals surface area contributed by atoms with Crippen LogP contribution in [0.1, 0.15) is 30.4 Å². The van der Waals surface area contributed by atoms with Gasteiger partial charge in [-0.2, -0.15) is 0 Å². The molecule has 0 aromatic heterocycles. The maximum absolute atomic E-state index is 12.1. The molecule has 7 heteroatoms. The Balaban J connectivity index is 0.00000300.